The monoisotopic (exact) mass is 474 g/mol. The van der Waals surface area contributed by atoms with Crippen LogP contribution in [0.15, 0.2) is 41.6 Å². The predicted octanol–water partition coefficient (Wildman–Crippen LogP) is 3.46. The zero-order valence-electron chi connectivity index (χ0n) is 21.1. The van der Waals surface area contributed by atoms with Crippen LogP contribution in [0.25, 0.3) is 17.1 Å². The highest BCUT2D eigenvalue weighted by Crippen LogP contribution is 2.27. The maximum absolute atomic E-state index is 13.5. The Morgan fingerprint density at radius 1 is 1.06 bits per heavy atom. The van der Waals surface area contributed by atoms with E-state index in [4.69, 9.17) is 4.74 Å². The van der Waals surface area contributed by atoms with Gasteiger partial charge in [-0.2, -0.15) is 5.10 Å². The number of ether oxygens (including phenoxy) is 1. The van der Waals surface area contributed by atoms with Crippen molar-refractivity contribution in [2.24, 2.45) is 7.05 Å². The summed E-state index contributed by atoms with van der Waals surface area (Å²) in [5.41, 5.74) is 4.23. The lowest BCUT2D eigenvalue weighted by Gasteiger charge is -2.19. The molecule has 9 heteroatoms. The smallest absolute Gasteiger partial charge is 0.261 e. The third kappa shape index (κ3) is 4.85. The van der Waals surface area contributed by atoms with Crippen molar-refractivity contribution in [1.29, 1.82) is 0 Å². The molecule has 0 saturated heterocycles. The first-order valence-corrected chi connectivity index (χ1v) is 11.3. The van der Waals surface area contributed by atoms with Gasteiger partial charge in [-0.1, -0.05) is 0 Å². The molecule has 9 nitrogen and oxygen atoms in total. The topological polar surface area (TPSA) is 108 Å². The van der Waals surface area contributed by atoms with Gasteiger partial charge >= 0.3 is 0 Å². The normalized spacial score (nSPS) is 11.7. The van der Waals surface area contributed by atoms with Crippen LogP contribution in [0, 0.1) is 27.7 Å². The first kappa shape index (κ1) is 24.3. The summed E-state index contributed by atoms with van der Waals surface area (Å²) in [6, 6.07) is 5.59. The van der Waals surface area contributed by atoms with Gasteiger partial charge in [0.1, 0.15) is 18.0 Å². The number of rotatable bonds is 6. The average molecular weight is 475 g/mol. The van der Waals surface area contributed by atoms with Crippen LogP contribution in [0.1, 0.15) is 47.8 Å². The van der Waals surface area contributed by atoms with Crippen molar-refractivity contribution in [3.8, 4) is 22.8 Å². The SMILES string of the molecule is Cc1cnc(-c2nc(C(C)(C)O)ncc2C)cc1-n1c(C)cc(OCc2ccn(C)n2)c(C)c1=O. The van der Waals surface area contributed by atoms with Crippen molar-refractivity contribution < 1.29 is 9.84 Å². The van der Waals surface area contributed by atoms with Crippen LogP contribution in [-0.4, -0.2) is 34.4 Å². The second-order valence-corrected chi connectivity index (χ2v) is 9.33. The summed E-state index contributed by atoms with van der Waals surface area (Å²) in [5.74, 6) is 0.837. The van der Waals surface area contributed by atoms with Gasteiger partial charge in [0.15, 0.2) is 5.82 Å². The van der Waals surface area contributed by atoms with E-state index < -0.39 is 5.60 Å². The van der Waals surface area contributed by atoms with E-state index in [1.54, 1.807) is 42.4 Å². The quantitative estimate of drug-likeness (QED) is 0.456. The van der Waals surface area contributed by atoms with Crippen LogP contribution < -0.4 is 10.3 Å². The molecule has 0 saturated carbocycles. The number of aromatic nitrogens is 6. The van der Waals surface area contributed by atoms with Crippen molar-refractivity contribution >= 4 is 0 Å². The molecule has 0 unspecified atom stereocenters. The minimum atomic E-state index is -1.19. The van der Waals surface area contributed by atoms with E-state index in [1.807, 2.05) is 52.2 Å². The lowest BCUT2D eigenvalue weighted by molar-refractivity contribution is 0.0688. The molecule has 182 valence electrons. The molecule has 0 fully saturated rings. The molecule has 0 aliphatic heterocycles. The van der Waals surface area contributed by atoms with Crippen LogP contribution in [-0.2, 0) is 19.3 Å². The van der Waals surface area contributed by atoms with Crippen molar-refractivity contribution in [2.45, 2.75) is 53.8 Å². The first-order chi connectivity index (χ1) is 16.5. The molecule has 4 aromatic heterocycles. The maximum atomic E-state index is 13.5. The molecule has 35 heavy (non-hydrogen) atoms. The largest absolute Gasteiger partial charge is 0.487 e. The number of aliphatic hydroxyl groups is 1. The van der Waals surface area contributed by atoms with Crippen molar-refractivity contribution in [1.82, 2.24) is 29.3 Å². The van der Waals surface area contributed by atoms with E-state index in [2.05, 4.69) is 20.1 Å². The van der Waals surface area contributed by atoms with Gasteiger partial charge < -0.3 is 9.84 Å². The Labute approximate surface area is 204 Å². The Hall–Kier alpha value is -3.85. The molecule has 0 aromatic carbocycles. The maximum Gasteiger partial charge on any atom is 0.261 e. The number of aryl methyl sites for hydroxylation is 4. The van der Waals surface area contributed by atoms with E-state index >= 15 is 0 Å². The van der Waals surface area contributed by atoms with Gasteiger partial charge in [-0.05, 0) is 64.8 Å². The van der Waals surface area contributed by atoms with E-state index in [0.29, 0.717) is 34.2 Å². The van der Waals surface area contributed by atoms with Crippen LogP contribution in [0.5, 0.6) is 5.75 Å². The first-order valence-electron chi connectivity index (χ1n) is 11.3. The van der Waals surface area contributed by atoms with E-state index in [-0.39, 0.29) is 12.2 Å². The molecule has 0 aliphatic rings. The lowest BCUT2D eigenvalue weighted by atomic mass is 10.1. The molecule has 4 aromatic rings. The van der Waals surface area contributed by atoms with Crippen LogP contribution in [0.3, 0.4) is 0 Å². The Kier molecular flexibility index (Phi) is 6.29. The third-order valence-corrected chi connectivity index (χ3v) is 5.81. The Bertz CT molecular complexity index is 1460. The van der Waals surface area contributed by atoms with Gasteiger partial charge in [0.2, 0.25) is 0 Å². The molecule has 0 amide bonds. The van der Waals surface area contributed by atoms with E-state index in [0.717, 1.165) is 22.5 Å². The minimum absolute atomic E-state index is 0.169. The molecular weight excluding hydrogens is 444 g/mol. The molecule has 4 rings (SSSR count). The molecule has 4 heterocycles. The summed E-state index contributed by atoms with van der Waals surface area (Å²) < 4.78 is 9.30. The van der Waals surface area contributed by atoms with Gasteiger partial charge in [0.05, 0.1) is 28.3 Å². The number of nitrogens with zero attached hydrogens (tertiary/aromatic N) is 6. The lowest BCUT2D eigenvalue weighted by Crippen LogP contribution is -2.24. The highest BCUT2D eigenvalue weighted by molar-refractivity contribution is 5.62. The van der Waals surface area contributed by atoms with Crippen LogP contribution >= 0.6 is 0 Å². The van der Waals surface area contributed by atoms with Gasteiger partial charge in [0, 0.05) is 37.4 Å². The zero-order valence-corrected chi connectivity index (χ0v) is 21.1. The Balaban J connectivity index is 1.76. The highest BCUT2D eigenvalue weighted by atomic mass is 16.5. The summed E-state index contributed by atoms with van der Waals surface area (Å²) in [7, 11) is 1.85. The van der Waals surface area contributed by atoms with Crippen molar-refractivity contribution in [3.05, 3.63) is 81.0 Å². The average Bonchev–Trinajstić information content (AvgIpc) is 3.21. The second kappa shape index (κ2) is 9.07. The zero-order chi connectivity index (χ0) is 25.5. The number of hydrogen-bond acceptors (Lipinski definition) is 7. The number of pyridine rings is 2. The standard InChI is InChI=1S/C26H30N6O3/c1-15-12-27-20(23-16(2)13-28-25(29-23)26(5,6)34)11-21(15)32-17(3)10-22(18(4)24(32)33)35-14-19-8-9-31(7)30-19/h8-13,34H,14H2,1-7H3. The molecular formula is C26H30N6O3. The fraction of sp³-hybridized carbons (Fsp3) is 0.346. The van der Waals surface area contributed by atoms with Gasteiger partial charge in [-0.3, -0.25) is 19.0 Å². The molecule has 0 aliphatic carbocycles. The second-order valence-electron chi connectivity index (χ2n) is 9.33. The fourth-order valence-corrected chi connectivity index (χ4v) is 3.82. The highest BCUT2D eigenvalue weighted by Gasteiger charge is 2.22. The Morgan fingerprint density at radius 3 is 2.43 bits per heavy atom. The summed E-state index contributed by atoms with van der Waals surface area (Å²) in [6.07, 6.45) is 5.25. The van der Waals surface area contributed by atoms with Crippen LogP contribution in [0.4, 0.5) is 0 Å². The summed E-state index contributed by atoms with van der Waals surface area (Å²) in [6.45, 7) is 11.0. The molecule has 0 radical (unpaired) electrons. The van der Waals surface area contributed by atoms with Crippen molar-refractivity contribution in [2.75, 3.05) is 0 Å². The third-order valence-electron chi connectivity index (χ3n) is 5.81. The van der Waals surface area contributed by atoms with E-state index in [9.17, 15) is 9.90 Å². The summed E-state index contributed by atoms with van der Waals surface area (Å²) in [5, 5.41) is 14.7. The summed E-state index contributed by atoms with van der Waals surface area (Å²) >= 11 is 0. The van der Waals surface area contributed by atoms with Crippen molar-refractivity contribution in [3.63, 3.8) is 0 Å². The fourth-order valence-electron chi connectivity index (χ4n) is 3.82. The summed E-state index contributed by atoms with van der Waals surface area (Å²) in [4.78, 5) is 26.9. The minimum Gasteiger partial charge on any atom is -0.487 e. The Morgan fingerprint density at radius 2 is 1.77 bits per heavy atom. The molecule has 0 atom stereocenters. The molecule has 1 N–H and O–H groups in total. The van der Waals surface area contributed by atoms with E-state index in [1.165, 1.54) is 0 Å². The predicted molar refractivity (Wildman–Crippen MR) is 133 cm³/mol. The number of hydrogen-bond donors (Lipinski definition) is 1. The van der Waals surface area contributed by atoms with Gasteiger partial charge in [-0.25, -0.2) is 9.97 Å². The van der Waals surface area contributed by atoms with Crippen LogP contribution in [0.2, 0.25) is 0 Å². The molecule has 0 spiro atoms. The van der Waals surface area contributed by atoms with Gasteiger partial charge in [0.25, 0.3) is 5.56 Å². The molecule has 0 bridgehead atoms. The van der Waals surface area contributed by atoms with Gasteiger partial charge in [-0.15, -0.1) is 0 Å².